The van der Waals surface area contributed by atoms with Gasteiger partial charge in [-0.2, -0.15) is 4.39 Å². The third-order valence-corrected chi connectivity index (χ3v) is 2.32. The summed E-state index contributed by atoms with van der Waals surface area (Å²) in [5.74, 6) is -2.95. The summed E-state index contributed by atoms with van der Waals surface area (Å²) in [5, 5.41) is 8.79. The van der Waals surface area contributed by atoms with Crippen molar-refractivity contribution in [2.24, 2.45) is 0 Å². The average Bonchev–Trinajstić information content (AvgIpc) is 2.10. The fraction of sp³-hybridized carbons (Fsp3) is 0.100. The van der Waals surface area contributed by atoms with E-state index in [2.05, 4.69) is 0 Å². The van der Waals surface area contributed by atoms with Gasteiger partial charge in [-0.3, -0.25) is 0 Å². The SMILES string of the molecule is Cc1cc(Cl)c(C=C(F)C(=O)O)c(Cl)c1. The fourth-order valence-electron chi connectivity index (χ4n) is 1.04. The first-order chi connectivity index (χ1) is 6.91. The zero-order valence-corrected chi connectivity index (χ0v) is 9.23. The molecule has 0 spiro atoms. The van der Waals surface area contributed by atoms with Crippen LogP contribution in [0.5, 0.6) is 0 Å². The molecule has 0 saturated carbocycles. The van der Waals surface area contributed by atoms with Crippen LogP contribution >= 0.6 is 23.2 Å². The number of hydrogen-bond donors (Lipinski definition) is 1. The maximum Gasteiger partial charge on any atom is 0.364 e. The van der Waals surface area contributed by atoms with Crippen molar-refractivity contribution in [2.75, 3.05) is 0 Å². The molecule has 1 N–H and O–H groups in total. The maximum atomic E-state index is 12.8. The van der Waals surface area contributed by atoms with Crippen LogP contribution in [-0.4, -0.2) is 11.1 Å². The first kappa shape index (κ1) is 12.0. The van der Waals surface area contributed by atoms with Crippen LogP contribution in [0.3, 0.4) is 0 Å². The number of carboxylic acid groups (broad SMARTS) is 1. The van der Waals surface area contributed by atoms with Gasteiger partial charge in [0.05, 0.1) is 0 Å². The largest absolute Gasteiger partial charge is 0.476 e. The highest BCUT2D eigenvalue weighted by Crippen LogP contribution is 2.28. The van der Waals surface area contributed by atoms with Crippen molar-refractivity contribution in [3.8, 4) is 0 Å². The van der Waals surface area contributed by atoms with Gasteiger partial charge in [-0.05, 0) is 30.7 Å². The van der Waals surface area contributed by atoms with Gasteiger partial charge in [-0.1, -0.05) is 23.2 Å². The van der Waals surface area contributed by atoms with Crippen molar-refractivity contribution in [3.05, 3.63) is 39.1 Å². The van der Waals surface area contributed by atoms with Gasteiger partial charge in [-0.15, -0.1) is 0 Å². The van der Waals surface area contributed by atoms with Crippen LogP contribution in [0.15, 0.2) is 18.0 Å². The minimum Gasteiger partial charge on any atom is -0.476 e. The van der Waals surface area contributed by atoms with Gasteiger partial charge in [0, 0.05) is 15.6 Å². The number of benzene rings is 1. The lowest BCUT2D eigenvalue weighted by Crippen LogP contribution is -1.94. The second-order valence-electron chi connectivity index (χ2n) is 2.94. The van der Waals surface area contributed by atoms with Gasteiger partial charge >= 0.3 is 5.97 Å². The van der Waals surface area contributed by atoms with Gasteiger partial charge in [-0.25, -0.2) is 4.79 Å². The molecule has 0 aromatic heterocycles. The molecule has 15 heavy (non-hydrogen) atoms. The van der Waals surface area contributed by atoms with Crippen LogP contribution in [0.25, 0.3) is 6.08 Å². The Morgan fingerprint density at radius 2 is 1.87 bits per heavy atom. The lowest BCUT2D eigenvalue weighted by Gasteiger charge is -2.03. The first-order valence-corrected chi connectivity index (χ1v) is 4.73. The Balaban J connectivity index is 3.27. The Morgan fingerprint density at radius 3 is 2.27 bits per heavy atom. The van der Waals surface area contributed by atoms with E-state index in [4.69, 9.17) is 28.3 Å². The maximum absolute atomic E-state index is 12.8. The summed E-state index contributed by atoms with van der Waals surface area (Å²) >= 11 is 11.6. The van der Waals surface area contributed by atoms with Crippen LogP contribution in [0.2, 0.25) is 10.0 Å². The van der Waals surface area contributed by atoms with E-state index in [9.17, 15) is 9.18 Å². The van der Waals surface area contributed by atoms with Crippen molar-refractivity contribution in [1.29, 1.82) is 0 Å². The summed E-state index contributed by atoms with van der Waals surface area (Å²) in [4.78, 5) is 10.3. The molecular formula is C10H7Cl2FO2. The average molecular weight is 249 g/mol. The minimum atomic E-state index is -1.65. The van der Waals surface area contributed by atoms with E-state index in [0.717, 1.165) is 11.6 Å². The summed E-state index contributed by atoms with van der Waals surface area (Å²) in [5.41, 5.74) is 0.988. The number of hydrogen-bond acceptors (Lipinski definition) is 1. The van der Waals surface area contributed by atoms with E-state index in [1.54, 1.807) is 19.1 Å². The molecule has 0 aliphatic heterocycles. The molecule has 0 atom stereocenters. The standard InChI is InChI=1S/C10H7Cl2FO2/c1-5-2-7(11)6(8(12)3-5)4-9(13)10(14)15/h2-4H,1H3,(H,14,15). The molecule has 0 radical (unpaired) electrons. The van der Waals surface area contributed by atoms with E-state index in [1.807, 2.05) is 0 Å². The molecule has 0 fully saturated rings. The lowest BCUT2D eigenvalue weighted by molar-refractivity contribution is -0.134. The predicted molar refractivity (Wildman–Crippen MR) is 57.9 cm³/mol. The topological polar surface area (TPSA) is 37.3 Å². The lowest BCUT2D eigenvalue weighted by atomic mass is 10.1. The Labute approximate surface area is 95.9 Å². The quantitative estimate of drug-likeness (QED) is 0.811. The Hall–Kier alpha value is -1.06. The van der Waals surface area contributed by atoms with E-state index < -0.39 is 11.8 Å². The molecule has 0 saturated heterocycles. The van der Waals surface area contributed by atoms with Crippen molar-refractivity contribution >= 4 is 35.2 Å². The summed E-state index contributed by atoms with van der Waals surface area (Å²) in [6, 6.07) is 3.16. The van der Waals surface area contributed by atoms with Crippen LogP contribution in [-0.2, 0) is 4.79 Å². The third-order valence-electron chi connectivity index (χ3n) is 1.70. The van der Waals surface area contributed by atoms with E-state index in [-0.39, 0.29) is 15.6 Å². The molecule has 0 bridgehead atoms. The normalized spacial score (nSPS) is 11.6. The summed E-state index contributed by atoms with van der Waals surface area (Å²) in [7, 11) is 0. The Bertz CT molecular complexity index is 418. The van der Waals surface area contributed by atoms with Crippen molar-refractivity contribution in [3.63, 3.8) is 0 Å². The van der Waals surface area contributed by atoms with Gasteiger partial charge in [0.15, 0.2) is 0 Å². The van der Waals surface area contributed by atoms with Crippen LogP contribution in [0.4, 0.5) is 4.39 Å². The zero-order valence-electron chi connectivity index (χ0n) is 7.72. The molecule has 80 valence electrons. The number of aliphatic carboxylic acids is 1. The molecule has 1 rings (SSSR count). The Kier molecular flexibility index (Phi) is 3.72. The molecule has 0 aliphatic rings. The molecule has 1 aromatic rings. The number of rotatable bonds is 2. The predicted octanol–water partition coefficient (Wildman–Crippen LogP) is 3.70. The van der Waals surface area contributed by atoms with Gasteiger partial charge < -0.3 is 5.11 Å². The molecular weight excluding hydrogens is 242 g/mol. The van der Waals surface area contributed by atoms with E-state index in [1.165, 1.54) is 0 Å². The molecule has 1 aromatic carbocycles. The number of carbonyl (C=O) groups is 1. The van der Waals surface area contributed by atoms with Gasteiger partial charge in [0.25, 0.3) is 0 Å². The molecule has 5 heteroatoms. The summed E-state index contributed by atoms with van der Waals surface area (Å²) in [6.45, 7) is 1.78. The highest BCUT2D eigenvalue weighted by molar-refractivity contribution is 6.37. The van der Waals surface area contributed by atoms with Crippen LogP contribution in [0, 0.1) is 6.92 Å². The van der Waals surface area contributed by atoms with E-state index in [0.29, 0.717) is 0 Å². The van der Waals surface area contributed by atoms with Crippen LogP contribution < -0.4 is 0 Å². The fourth-order valence-corrected chi connectivity index (χ4v) is 1.74. The molecule has 0 heterocycles. The molecule has 2 nitrogen and oxygen atoms in total. The van der Waals surface area contributed by atoms with Gasteiger partial charge in [0.1, 0.15) is 0 Å². The van der Waals surface area contributed by atoms with Crippen molar-refractivity contribution < 1.29 is 14.3 Å². The zero-order chi connectivity index (χ0) is 11.6. The Morgan fingerprint density at radius 1 is 1.40 bits per heavy atom. The van der Waals surface area contributed by atoms with Crippen molar-refractivity contribution in [2.45, 2.75) is 6.92 Å². The number of carboxylic acids is 1. The van der Waals surface area contributed by atoms with Crippen molar-refractivity contribution in [1.82, 2.24) is 0 Å². The highest BCUT2D eigenvalue weighted by Gasteiger charge is 2.10. The monoisotopic (exact) mass is 248 g/mol. The van der Waals surface area contributed by atoms with E-state index >= 15 is 0 Å². The summed E-state index contributed by atoms with van der Waals surface area (Å²) in [6.07, 6.45) is 0.798. The minimum absolute atomic E-state index is 0.170. The summed E-state index contributed by atoms with van der Waals surface area (Å²) < 4.78 is 12.8. The highest BCUT2D eigenvalue weighted by atomic mass is 35.5. The third kappa shape index (κ3) is 2.94. The smallest absolute Gasteiger partial charge is 0.364 e. The van der Waals surface area contributed by atoms with Gasteiger partial charge in [0.2, 0.25) is 5.83 Å². The number of halogens is 3. The molecule has 0 unspecified atom stereocenters. The second-order valence-corrected chi connectivity index (χ2v) is 3.75. The molecule has 0 aliphatic carbocycles. The molecule has 0 amide bonds. The number of aryl methyl sites for hydroxylation is 1. The first-order valence-electron chi connectivity index (χ1n) is 3.98. The van der Waals surface area contributed by atoms with Crippen LogP contribution in [0.1, 0.15) is 11.1 Å². The second kappa shape index (κ2) is 4.64.